The number of carbonyl (C=O) groups is 1. The molecule has 0 amide bonds. The molecule has 0 radical (unpaired) electrons. The first-order valence-corrected chi connectivity index (χ1v) is 5.15. The predicted molar refractivity (Wildman–Crippen MR) is 52.7 cm³/mol. The van der Waals surface area contributed by atoms with E-state index in [1.165, 1.54) is 6.26 Å². The molecule has 15 heavy (non-hydrogen) atoms. The standard InChI is InChI=1S/C10H14N2O3/c1-2-14-10(13)8-6-15-12-9(8)7-3-4-11-5-7/h6-7,11H,2-5H2,1H3. The van der Waals surface area contributed by atoms with Gasteiger partial charge in [0.1, 0.15) is 17.5 Å². The molecule has 1 N–H and O–H groups in total. The van der Waals surface area contributed by atoms with Gasteiger partial charge in [0.05, 0.1) is 6.61 Å². The van der Waals surface area contributed by atoms with Gasteiger partial charge in [0.15, 0.2) is 0 Å². The first kappa shape index (κ1) is 10.2. The van der Waals surface area contributed by atoms with E-state index in [1.54, 1.807) is 6.92 Å². The highest BCUT2D eigenvalue weighted by atomic mass is 16.5. The molecule has 0 spiro atoms. The highest BCUT2D eigenvalue weighted by Gasteiger charge is 2.26. The second kappa shape index (κ2) is 4.44. The van der Waals surface area contributed by atoms with E-state index >= 15 is 0 Å². The number of rotatable bonds is 3. The SMILES string of the molecule is CCOC(=O)c1conc1C1CCNC1. The number of nitrogens with zero attached hydrogens (tertiary/aromatic N) is 1. The minimum atomic E-state index is -0.347. The Morgan fingerprint density at radius 3 is 3.33 bits per heavy atom. The molecular weight excluding hydrogens is 196 g/mol. The number of aromatic nitrogens is 1. The summed E-state index contributed by atoms with van der Waals surface area (Å²) < 4.78 is 9.77. The molecule has 1 aliphatic rings. The van der Waals surface area contributed by atoms with Crippen LogP contribution < -0.4 is 5.32 Å². The Labute approximate surface area is 87.8 Å². The quantitative estimate of drug-likeness (QED) is 0.752. The molecule has 2 heterocycles. The fourth-order valence-electron chi connectivity index (χ4n) is 1.79. The van der Waals surface area contributed by atoms with E-state index in [9.17, 15) is 4.79 Å². The summed E-state index contributed by atoms with van der Waals surface area (Å²) >= 11 is 0. The molecule has 0 saturated carbocycles. The Morgan fingerprint density at radius 2 is 2.67 bits per heavy atom. The third kappa shape index (κ3) is 2.02. The zero-order valence-electron chi connectivity index (χ0n) is 8.66. The van der Waals surface area contributed by atoms with Gasteiger partial charge in [0.25, 0.3) is 0 Å². The molecule has 2 rings (SSSR count). The first-order chi connectivity index (χ1) is 7.33. The Kier molecular flexibility index (Phi) is 3.01. The molecule has 1 saturated heterocycles. The van der Waals surface area contributed by atoms with E-state index in [1.807, 2.05) is 0 Å². The molecule has 1 aromatic heterocycles. The molecule has 0 aliphatic carbocycles. The lowest BCUT2D eigenvalue weighted by Crippen LogP contribution is -2.12. The van der Waals surface area contributed by atoms with Crippen LogP contribution in [0.5, 0.6) is 0 Å². The molecule has 0 aromatic carbocycles. The number of carbonyl (C=O) groups excluding carboxylic acids is 1. The Hall–Kier alpha value is -1.36. The highest BCUT2D eigenvalue weighted by Crippen LogP contribution is 2.24. The first-order valence-electron chi connectivity index (χ1n) is 5.15. The van der Waals surface area contributed by atoms with E-state index in [0.717, 1.165) is 25.2 Å². The number of ether oxygens (including phenoxy) is 1. The summed E-state index contributed by atoms with van der Waals surface area (Å²) in [5, 5.41) is 7.11. The van der Waals surface area contributed by atoms with E-state index in [4.69, 9.17) is 9.26 Å². The van der Waals surface area contributed by atoms with Gasteiger partial charge < -0.3 is 14.6 Å². The molecule has 1 atom stereocenters. The van der Waals surface area contributed by atoms with Crippen LogP contribution >= 0.6 is 0 Å². The van der Waals surface area contributed by atoms with Crippen LogP contribution in [0.25, 0.3) is 0 Å². The van der Waals surface area contributed by atoms with Crippen LogP contribution in [0.2, 0.25) is 0 Å². The van der Waals surface area contributed by atoms with Crippen molar-refractivity contribution in [3.8, 4) is 0 Å². The van der Waals surface area contributed by atoms with Crippen molar-refractivity contribution in [3.05, 3.63) is 17.5 Å². The molecule has 1 fully saturated rings. The summed E-state index contributed by atoms with van der Waals surface area (Å²) in [5.74, 6) is -0.0798. The summed E-state index contributed by atoms with van der Waals surface area (Å²) in [7, 11) is 0. The van der Waals surface area contributed by atoms with Gasteiger partial charge in [0, 0.05) is 12.5 Å². The molecule has 82 valence electrons. The molecule has 5 heteroatoms. The summed E-state index contributed by atoms with van der Waals surface area (Å²) in [6.45, 7) is 3.95. The van der Waals surface area contributed by atoms with Gasteiger partial charge in [-0.05, 0) is 19.9 Å². The normalized spacial score (nSPS) is 20.5. The summed E-state index contributed by atoms with van der Waals surface area (Å²) in [6, 6.07) is 0. The van der Waals surface area contributed by atoms with Gasteiger partial charge in [0.2, 0.25) is 0 Å². The third-order valence-corrected chi connectivity index (χ3v) is 2.54. The maximum absolute atomic E-state index is 11.5. The van der Waals surface area contributed by atoms with Crippen LogP contribution in [0.4, 0.5) is 0 Å². The van der Waals surface area contributed by atoms with Crippen LogP contribution in [0, 0.1) is 0 Å². The van der Waals surface area contributed by atoms with Crippen LogP contribution in [0.1, 0.15) is 35.3 Å². The van der Waals surface area contributed by atoms with Crippen molar-refractivity contribution < 1.29 is 14.1 Å². The number of hydrogen-bond acceptors (Lipinski definition) is 5. The monoisotopic (exact) mass is 210 g/mol. The van der Waals surface area contributed by atoms with E-state index in [-0.39, 0.29) is 11.9 Å². The van der Waals surface area contributed by atoms with E-state index in [0.29, 0.717) is 12.2 Å². The van der Waals surface area contributed by atoms with Crippen molar-refractivity contribution in [3.63, 3.8) is 0 Å². The average molecular weight is 210 g/mol. The minimum absolute atomic E-state index is 0.267. The third-order valence-electron chi connectivity index (χ3n) is 2.54. The molecule has 5 nitrogen and oxygen atoms in total. The Balaban J connectivity index is 2.17. The number of hydrogen-bond donors (Lipinski definition) is 1. The minimum Gasteiger partial charge on any atom is -0.462 e. The zero-order chi connectivity index (χ0) is 10.7. The molecular formula is C10H14N2O3. The molecule has 1 aliphatic heterocycles. The Morgan fingerprint density at radius 1 is 1.80 bits per heavy atom. The van der Waals surface area contributed by atoms with Crippen molar-refractivity contribution in [1.82, 2.24) is 10.5 Å². The van der Waals surface area contributed by atoms with E-state index < -0.39 is 0 Å². The van der Waals surface area contributed by atoms with Gasteiger partial charge in [-0.1, -0.05) is 5.16 Å². The van der Waals surface area contributed by atoms with Crippen molar-refractivity contribution >= 4 is 5.97 Å². The molecule has 0 bridgehead atoms. The highest BCUT2D eigenvalue weighted by molar-refractivity contribution is 5.90. The Bertz CT molecular complexity index is 342. The largest absolute Gasteiger partial charge is 0.462 e. The molecule has 1 aromatic rings. The molecule has 1 unspecified atom stereocenters. The smallest absolute Gasteiger partial charge is 0.343 e. The lowest BCUT2D eigenvalue weighted by molar-refractivity contribution is 0.0524. The maximum atomic E-state index is 11.5. The van der Waals surface area contributed by atoms with Crippen LogP contribution in [0.15, 0.2) is 10.8 Å². The van der Waals surface area contributed by atoms with Crippen molar-refractivity contribution in [1.29, 1.82) is 0 Å². The van der Waals surface area contributed by atoms with Crippen molar-refractivity contribution in [2.45, 2.75) is 19.3 Å². The van der Waals surface area contributed by atoms with Crippen LogP contribution in [0.3, 0.4) is 0 Å². The second-order valence-electron chi connectivity index (χ2n) is 3.52. The maximum Gasteiger partial charge on any atom is 0.343 e. The number of nitrogens with one attached hydrogen (secondary N) is 1. The number of esters is 1. The van der Waals surface area contributed by atoms with Gasteiger partial charge >= 0.3 is 5.97 Å². The second-order valence-corrected chi connectivity index (χ2v) is 3.52. The van der Waals surface area contributed by atoms with Crippen molar-refractivity contribution in [2.75, 3.05) is 19.7 Å². The zero-order valence-corrected chi connectivity index (χ0v) is 8.66. The lowest BCUT2D eigenvalue weighted by Gasteiger charge is -2.05. The fraction of sp³-hybridized carbons (Fsp3) is 0.600. The summed E-state index contributed by atoms with van der Waals surface area (Å²) in [4.78, 5) is 11.5. The fourth-order valence-corrected chi connectivity index (χ4v) is 1.79. The van der Waals surface area contributed by atoms with Crippen molar-refractivity contribution in [2.24, 2.45) is 0 Å². The van der Waals surface area contributed by atoms with Gasteiger partial charge in [-0.2, -0.15) is 0 Å². The van der Waals surface area contributed by atoms with Gasteiger partial charge in [-0.25, -0.2) is 4.79 Å². The van der Waals surface area contributed by atoms with Crippen LogP contribution in [-0.4, -0.2) is 30.8 Å². The average Bonchev–Trinajstić information content (AvgIpc) is 2.88. The lowest BCUT2D eigenvalue weighted by atomic mass is 10.0. The van der Waals surface area contributed by atoms with Crippen LogP contribution in [-0.2, 0) is 4.74 Å². The topological polar surface area (TPSA) is 64.4 Å². The van der Waals surface area contributed by atoms with E-state index in [2.05, 4.69) is 10.5 Å². The summed E-state index contributed by atoms with van der Waals surface area (Å²) in [5.41, 5.74) is 1.18. The van der Waals surface area contributed by atoms with Gasteiger partial charge in [-0.3, -0.25) is 0 Å². The van der Waals surface area contributed by atoms with Gasteiger partial charge in [-0.15, -0.1) is 0 Å². The predicted octanol–water partition coefficient (Wildman–Crippen LogP) is 0.928. The summed E-state index contributed by atoms with van der Waals surface area (Å²) in [6.07, 6.45) is 2.35.